The van der Waals surface area contributed by atoms with E-state index in [1.807, 2.05) is 0 Å². The highest BCUT2D eigenvalue weighted by atomic mass is 79.9. The van der Waals surface area contributed by atoms with Gasteiger partial charge in [0.1, 0.15) is 0 Å². The molecule has 0 saturated carbocycles. The van der Waals surface area contributed by atoms with E-state index in [2.05, 4.69) is 15.9 Å². The Morgan fingerprint density at radius 3 is 2.29 bits per heavy atom. The molecule has 0 saturated heterocycles. The predicted octanol–water partition coefficient (Wildman–Crippen LogP) is 4.36. The van der Waals surface area contributed by atoms with Crippen LogP contribution in [0.1, 0.15) is 20.7 Å². The molecule has 2 rings (SSSR count). The van der Waals surface area contributed by atoms with Crippen molar-refractivity contribution in [1.82, 2.24) is 0 Å². The van der Waals surface area contributed by atoms with Crippen LogP contribution in [-0.4, -0.2) is 10.5 Å². The van der Waals surface area contributed by atoms with Gasteiger partial charge in [-0.25, -0.2) is 0 Å². The lowest BCUT2D eigenvalue weighted by molar-refractivity contribution is 0.107. The molecule has 17 heavy (non-hydrogen) atoms. The van der Waals surface area contributed by atoms with Crippen molar-refractivity contribution in [1.29, 1.82) is 0 Å². The molecule has 0 aliphatic heterocycles. The Morgan fingerprint density at radius 2 is 1.71 bits per heavy atom. The lowest BCUT2D eigenvalue weighted by atomic mass is 10.1. The van der Waals surface area contributed by atoms with Gasteiger partial charge in [-0.15, -0.1) is 0 Å². The van der Waals surface area contributed by atoms with E-state index in [1.165, 1.54) is 0 Å². The van der Waals surface area contributed by atoms with Crippen LogP contribution < -0.4 is 0 Å². The standard InChI is InChI=1S/C12H5BrCl2O2/c13-10-8-3-2-7(11(14)16)5-6(8)1-4-9(10)12(15)17/h1-5H. The van der Waals surface area contributed by atoms with E-state index in [0.29, 0.717) is 15.6 Å². The van der Waals surface area contributed by atoms with Gasteiger partial charge >= 0.3 is 0 Å². The molecule has 0 fully saturated rings. The van der Waals surface area contributed by atoms with Crippen LogP contribution in [0.15, 0.2) is 34.8 Å². The molecular weight excluding hydrogens is 327 g/mol. The van der Waals surface area contributed by atoms with E-state index >= 15 is 0 Å². The van der Waals surface area contributed by atoms with Crippen molar-refractivity contribution < 1.29 is 9.59 Å². The van der Waals surface area contributed by atoms with Crippen LogP contribution in [0, 0.1) is 0 Å². The lowest BCUT2D eigenvalue weighted by Crippen LogP contribution is -1.93. The van der Waals surface area contributed by atoms with Crippen LogP contribution in [0.2, 0.25) is 0 Å². The third-order valence-corrected chi connectivity index (χ3v) is 3.67. The van der Waals surface area contributed by atoms with Crippen molar-refractivity contribution in [3.05, 3.63) is 45.9 Å². The highest BCUT2D eigenvalue weighted by Crippen LogP contribution is 2.29. The van der Waals surface area contributed by atoms with E-state index in [0.717, 1.165) is 10.8 Å². The fraction of sp³-hybridized carbons (Fsp3) is 0. The summed E-state index contributed by atoms with van der Waals surface area (Å²) in [5.41, 5.74) is 0.806. The molecule has 0 bridgehead atoms. The number of halogens is 3. The molecule has 0 amide bonds. The summed E-state index contributed by atoms with van der Waals surface area (Å²) in [6, 6.07) is 8.31. The van der Waals surface area contributed by atoms with Crippen LogP contribution in [0.25, 0.3) is 10.8 Å². The topological polar surface area (TPSA) is 34.1 Å². The van der Waals surface area contributed by atoms with Crippen molar-refractivity contribution in [2.45, 2.75) is 0 Å². The zero-order valence-corrected chi connectivity index (χ0v) is 11.4. The summed E-state index contributed by atoms with van der Waals surface area (Å²) in [6.45, 7) is 0. The fourth-order valence-corrected chi connectivity index (χ4v) is 2.63. The second kappa shape index (κ2) is 4.77. The second-order valence-electron chi connectivity index (χ2n) is 3.41. The zero-order valence-electron chi connectivity index (χ0n) is 8.34. The smallest absolute Gasteiger partial charge is 0.253 e. The summed E-state index contributed by atoms with van der Waals surface area (Å²) in [4.78, 5) is 22.2. The zero-order chi connectivity index (χ0) is 12.6. The average molecular weight is 332 g/mol. The first-order valence-electron chi connectivity index (χ1n) is 4.62. The molecule has 2 aromatic rings. The van der Waals surface area contributed by atoms with E-state index in [4.69, 9.17) is 23.2 Å². The SMILES string of the molecule is O=C(Cl)c1ccc2c(Br)c(C(=O)Cl)ccc2c1. The molecule has 0 atom stereocenters. The largest absolute Gasteiger partial charge is 0.276 e. The Balaban J connectivity index is 2.72. The van der Waals surface area contributed by atoms with E-state index in [-0.39, 0.29) is 0 Å². The highest BCUT2D eigenvalue weighted by Gasteiger charge is 2.11. The lowest BCUT2D eigenvalue weighted by Gasteiger charge is -2.05. The number of carbonyl (C=O) groups is 2. The number of hydrogen-bond donors (Lipinski definition) is 0. The van der Waals surface area contributed by atoms with Crippen molar-refractivity contribution in [3.8, 4) is 0 Å². The van der Waals surface area contributed by atoms with Crippen molar-refractivity contribution in [2.24, 2.45) is 0 Å². The Morgan fingerprint density at radius 1 is 1.00 bits per heavy atom. The van der Waals surface area contributed by atoms with Crippen molar-refractivity contribution >= 4 is 60.4 Å². The normalized spacial score (nSPS) is 10.5. The van der Waals surface area contributed by atoms with Gasteiger partial charge in [0.25, 0.3) is 10.5 Å². The first-order valence-corrected chi connectivity index (χ1v) is 6.17. The second-order valence-corrected chi connectivity index (χ2v) is 4.89. The molecule has 2 nitrogen and oxygen atoms in total. The van der Waals surface area contributed by atoms with Gasteiger partial charge in [0.2, 0.25) is 0 Å². The molecule has 0 aromatic heterocycles. The van der Waals surface area contributed by atoms with E-state index < -0.39 is 10.5 Å². The van der Waals surface area contributed by atoms with Gasteiger partial charge < -0.3 is 0 Å². The minimum atomic E-state index is -0.531. The van der Waals surface area contributed by atoms with E-state index in [9.17, 15) is 9.59 Å². The predicted molar refractivity (Wildman–Crippen MR) is 72.0 cm³/mol. The number of fused-ring (bicyclic) bond motifs is 1. The number of benzene rings is 2. The molecule has 0 aliphatic rings. The maximum absolute atomic E-state index is 11.1. The van der Waals surface area contributed by atoms with Gasteiger partial charge in [0, 0.05) is 15.6 Å². The summed E-state index contributed by atoms with van der Waals surface area (Å²) >= 11 is 14.2. The summed E-state index contributed by atoms with van der Waals surface area (Å²) in [6.07, 6.45) is 0. The summed E-state index contributed by atoms with van der Waals surface area (Å²) in [7, 11) is 0. The Hall–Kier alpha value is -0.900. The van der Waals surface area contributed by atoms with Crippen molar-refractivity contribution in [3.63, 3.8) is 0 Å². The summed E-state index contributed by atoms with van der Waals surface area (Å²) in [5, 5.41) is 0.569. The molecule has 2 aromatic carbocycles. The average Bonchev–Trinajstić information content (AvgIpc) is 2.28. The molecule has 0 unspecified atom stereocenters. The molecule has 0 radical (unpaired) electrons. The van der Waals surface area contributed by atoms with Crippen LogP contribution in [0.5, 0.6) is 0 Å². The highest BCUT2D eigenvalue weighted by molar-refractivity contribution is 9.10. The van der Waals surface area contributed by atoms with E-state index in [1.54, 1.807) is 30.3 Å². The number of carbonyl (C=O) groups excluding carboxylic acids is 2. The summed E-state index contributed by atoms with van der Waals surface area (Å²) < 4.78 is 0.614. The fourth-order valence-electron chi connectivity index (χ4n) is 1.57. The monoisotopic (exact) mass is 330 g/mol. The number of hydrogen-bond acceptors (Lipinski definition) is 2. The molecular formula is C12H5BrCl2O2. The first-order chi connectivity index (χ1) is 8.00. The molecule has 0 N–H and O–H groups in total. The molecule has 0 heterocycles. The molecule has 5 heteroatoms. The van der Waals surface area contributed by atoms with Crippen molar-refractivity contribution in [2.75, 3.05) is 0 Å². The molecule has 0 aliphatic carbocycles. The number of rotatable bonds is 2. The van der Waals surface area contributed by atoms with Crippen LogP contribution >= 0.6 is 39.1 Å². The Labute approximate surface area is 116 Å². The minimum absolute atomic E-state index is 0.393. The summed E-state index contributed by atoms with van der Waals surface area (Å²) in [5.74, 6) is 0. The quantitative estimate of drug-likeness (QED) is 0.766. The first kappa shape index (κ1) is 12.6. The van der Waals surface area contributed by atoms with Gasteiger partial charge in [-0.05, 0) is 68.1 Å². The van der Waals surface area contributed by atoms with Crippen LogP contribution in [-0.2, 0) is 0 Å². The third-order valence-electron chi connectivity index (χ3n) is 2.39. The Bertz CT molecular complexity index is 638. The van der Waals surface area contributed by atoms with Crippen LogP contribution in [0.4, 0.5) is 0 Å². The van der Waals surface area contributed by atoms with Gasteiger partial charge in [0.05, 0.1) is 0 Å². The maximum atomic E-state index is 11.1. The third kappa shape index (κ3) is 2.37. The molecule has 0 spiro atoms. The maximum Gasteiger partial charge on any atom is 0.253 e. The van der Waals surface area contributed by atoms with Gasteiger partial charge in [0.15, 0.2) is 0 Å². The Kier molecular flexibility index (Phi) is 3.52. The minimum Gasteiger partial charge on any atom is -0.276 e. The van der Waals surface area contributed by atoms with Gasteiger partial charge in [-0.3, -0.25) is 9.59 Å². The molecule has 86 valence electrons. The van der Waals surface area contributed by atoms with Crippen LogP contribution in [0.3, 0.4) is 0 Å². The van der Waals surface area contributed by atoms with Gasteiger partial charge in [-0.1, -0.05) is 12.1 Å². The van der Waals surface area contributed by atoms with Gasteiger partial charge in [-0.2, -0.15) is 0 Å².